The van der Waals surface area contributed by atoms with Crippen LogP contribution in [0.1, 0.15) is 48.4 Å². The Balaban J connectivity index is 2.00. The molecule has 7 nitrogen and oxygen atoms in total. The second kappa shape index (κ2) is 8.70. The van der Waals surface area contributed by atoms with Gasteiger partial charge in [-0.1, -0.05) is 6.07 Å². The Hall–Kier alpha value is -2.50. The van der Waals surface area contributed by atoms with Crippen molar-refractivity contribution in [3.05, 3.63) is 58.2 Å². The minimum atomic E-state index is -3.04. The molecular weight excluding hydrogens is 403 g/mol. The van der Waals surface area contributed by atoms with Crippen LogP contribution < -0.4 is 14.6 Å². The van der Waals surface area contributed by atoms with Crippen molar-refractivity contribution in [3.8, 4) is 17.2 Å². The largest absolute Gasteiger partial charge is 0.502 e. The van der Waals surface area contributed by atoms with Gasteiger partial charge in [0.1, 0.15) is 0 Å². The van der Waals surface area contributed by atoms with Crippen molar-refractivity contribution in [2.24, 2.45) is 0 Å². The zero-order valence-corrected chi connectivity index (χ0v) is 19.2. The second-order valence-corrected chi connectivity index (χ2v) is 9.81. The van der Waals surface area contributed by atoms with Gasteiger partial charge in [0.2, 0.25) is 5.75 Å². The van der Waals surface area contributed by atoms with E-state index in [1.165, 1.54) is 14.2 Å². The lowest BCUT2D eigenvalue weighted by molar-refractivity contribution is 0.338. The van der Waals surface area contributed by atoms with Gasteiger partial charge >= 0.3 is 7.87 Å². The predicted molar refractivity (Wildman–Crippen MR) is 118 cm³/mol. The van der Waals surface area contributed by atoms with Gasteiger partial charge in [0.05, 0.1) is 19.9 Å². The fourth-order valence-corrected chi connectivity index (χ4v) is 6.24. The smallest absolute Gasteiger partial charge is 0.420 e. The highest BCUT2D eigenvalue weighted by atomic mass is 31.2. The zero-order valence-electron chi connectivity index (χ0n) is 18.3. The van der Waals surface area contributed by atoms with Gasteiger partial charge in [-0.2, -0.15) is 4.89 Å². The minimum absolute atomic E-state index is 0.0720. The second-order valence-electron chi connectivity index (χ2n) is 7.53. The number of hydrogen-bond acceptors (Lipinski definition) is 7. The number of aromatic hydroxyl groups is 1. The molecule has 0 amide bonds. The number of phenols is 1. The molecule has 0 fully saturated rings. The molecule has 2 atom stereocenters. The van der Waals surface area contributed by atoms with Crippen molar-refractivity contribution in [1.29, 1.82) is 0 Å². The van der Waals surface area contributed by atoms with E-state index < -0.39 is 7.87 Å². The fourth-order valence-electron chi connectivity index (χ4n) is 3.68. The first-order valence-electron chi connectivity index (χ1n) is 9.83. The van der Waals surface area contributed by atoms with Gasteiger partial charge < -0.3 is 14.6 Å². The van der Waals surface area contributed by atoms with Crippen LogP contribution in [0, 0.1) is 13.8 Å². The number of nitrogens with zero attached hydrogens (tertiary/aromatic N) is 1. The van der Waals surface area contributed by atoms with Crippen LogP contribution in [-0.2, 0) is 10.9 Å². The number of allylic oxidation sites excluding steroid dienone is 2. The standard InChI is InChI=1S/C22H29N2O5P/c1-13-7-8-17(15(3)23-13)9-10-21(30(26)24-14(2)16(4)29-30)18-11-19(27-5)22(25)20(12-18)28-6/h7-8,11-12,21,24,26H,9-10H2,1-6H3/p+1. The van der Waals surface area contributed by atoms with E-state index in [9.17, 15) is 10.00 Å². The summed E-state index contributed by atoms with van der Waals surface area (Å²) in [6.45, 7) is 7.68. The highest BCUT2D eigenvalue weighted by Crippen LogP contribution is 2.70. The van der Waals surface area contributed by atoms with Crippen LogP contribution in [-0.4, -0.2) is 29.2 Å². The van der Waals surface area contributed by atoms with Crippen molar-refractivity contribution in [2.45, 2.75) is 46.2 Å². The van der Waals surface area contributed by atoms with Crippen LogP contribution in [0.2, 0.25) is 0 Å². The van der Waals surface area contributed by atoms with E-state index in [4.69, 9.17) is 14.0 Å². The van der Waals surface area contributed by atoms with E-state index in [2.05, 4.69) is 16.1 Å². The van der Waals surface area contributed by atoms with E-state index in [0.29, 0.717) is 18.6 Å². The minimum Gasteiger partial charge on any atom is -0.502 e. The Bertz CT molecular complexity index is 937. The summed E-state index contributed by atoms with van der Waals surface area (Å²) in [5, 5.41) is 13.5. The number of aryl methyl sites for hydroxylation is 3. The lowest BCUT2D eigenvalue weighted by Gasteiger charge is -2.24. The Morgan fingerprint density at radius 2 is 1.73 bits per heavy atom. The van der Waals surface area contributed by atoms with Crippen LogP contribution in [0.5, 0.6) is 17.2 Å². The summed E-state index contributed by atoms with van der Waals surface area (Å²) in [7, 11) is -0.0695. The first kappa shape index (κ1) is 22.2. The molecule has 0 aliphatic carbocycles. The number of nitrogens with one attached hydrogen (secondary N) is 1. The number of hydrogen-bond donors (Lipinski definition) is 3. The number of benzene rings is 1. The Labute approximate surface area is 178 Å². The SMILES string of the molecule is COc1cc(C(CCc2ccc(C)nc2C)[P+]2(O)NC(C)=C(C)O2)cc(OC)c1O. The van der Waals surface area contributed by atoms with Crippen LogP contribution in [0.3, 0.4) is 0 Å². The summed E-state index contributed by atoms with van der Waals surface area (Å²) in [5.41, 5.74) is 4.30. The highest BCUT2D eigenvalue weighted by Gasteiger charge is 2.54. The lowest BCUT2D eigenvalue weighted by Crippen LogP contribution is -2.17. The molecule has 0 spiro atoms. The van der Waals surface area contributed by atoms with Crippen LogP contribution in [0.15, 0.2) is 35.7 Å². The fraction of sp³-hybridized carbons (Fsp3) is 0.409. The first-order valence-corrected chi connectivity index (χ1v) is 11.6. The van der Waals surface area contributed by atoms with Crippen molar-refractivity contribution in [3.63, 3.8) is 0 Å². The van der Waals surface area contributed by atoms with Crippen LogP contribution in [0.25, 0.3) is 0 Å². The molecule has 1 aromatic heterocycles. The van der Waals surface area contributed by atoms with Crippen molar-refractivity contribution in [1.82, 2.24) is 10.1 Å². The molecular formula is C22H30N2O5P+. The summed E-state index contributed by atoms with van der Waals surface area (Å²) in [4.78, 5) is 16.1. The van der Waals surface area contributed by atoms with Crippen LogP contribution >= 0.6 is 7.87 Å². The molecule has 2 heterocycles. The van der Waals surface area contributed by atoms with Crippen molar-refractivity contribution < 1.29 is 24.0 Å². The molecule has 2 aromatic rings. The molecule has 0 saturated carbocycles. The summed E-state index contributed by atoms with van der Waals surface area (Å²) in [6.07, 6.45) is 1.32. The van der Waals surface area contributed by atoms with Gasteiger partial charge in [-0.05, 0) is 51.0 Å². The molecule has 8 heteroatoms. The lowest BCUT2D eigenvalue weighted by atomic mass is 10.0. The number of methoxy groups -OCH3 is 2. The van der Waals surface area contributed by atoms with Gasteiger partial charge in [-0.25, -0.2) is 5.09 Å². The van der Waals surface area contributed by atoms with Crippen molar-refractivity contribution in [2.75, 3.05) is 14.2 Å². The molecule has 0 bridgehead atoms. The monoisotopic (exact) mass is 433 g/mol. The first-order chi connectivity index (χ1) is 14.2. The number of pyridine rings is 1. The molecule has 1 aliphatic heterocycles. The van der Waals surface area contributed by atoms with E-state index >= 15 is 0 Å². The molecule has 3 rings (SSSR count). The number of rotatable bonds is 7. The van der Waals surface area contributed by atoms with Gasteiger partial charge in [-0.3, -0.25) is 9.51 Å². The molecule has 3 N–H and O–H groups in total. The predicted octanol–water partition coefficient (Wildman–Crippen LogP) is 4.72. The summed E-state index contributed by atoms with van der Waals surface area (Å²) in [6, 6.07) is 7.53. The van der Waals surface area contributed by atoms with Crippen molar-refractivity contribution >= 4 is 7.87 Å². The normalized spacial score (nSPS) is 19.3. The summed E-state index contributed by atoms with van der Waals surface area (Å²) >= 11 is 0. The third kappa shape index (κ3) is 4.32. The van der Waals surface area contributed by atoms with Gasteiger partial charge in [0.15, 0.2) is 22.9 Å². The highest BCUT2D eigenvalue weighted by molar-refractivity contribution is 7.64. The maximum absolute atomic E-state index is 11.5. The van der Waals surface area contributed by atoms with E-state index in [0.717, 1.165) is 28.2 Å². The maximum atomic E-state index is 11.5. The number of aromatic nitrogens is 1. The van der Waals surface area contributed by atoms with Gasteiger partial charge in [0.25, 0.3) is 0 Å². The molecule has 0 radical (unpaired) electrons. The zero-order chi connectivity index (χ0) is 22.1. The Kier molecular flexibility index (Phi) is 6.44. The number of phenolic OH excluding ortho intramolecular Hbond substituents is 1. The summed E-state index contributed by atoms with van der Waals surface area (Å²) in [5.74, 6) is 1.18. The van der Waals surface area contributed by atoms with E-state index in [1.807, 2.05) is 33.8 Å². The van der Waals surface area contributed by atoms with E-state index in [-0.39, 0.29) is 22.9 Å². The van der Waals surface area contributed by atoms with E-state index in [1.54, 1.807) is 12.1 Å². The summed E-state index contributed by atoms with van der Waals surface area (Å²) < 4.78 is 16.6. The molecule has 0 saturated heterocycles. The van der Waals surface area contributed by atoms with Gasteiger partial charge in [-0.15, -0.1) is 0 Å². The Morgan fingerprint density at radius 1 is 1.10 bits per heavy atom. The number of ether oxygens (including phenoxy) is 2. The molecule has 30 heavy (non-hydrogen) atoms. The topological polar surface area (TPSA) is 93.1 Å². The third-order valence-corrected chi connectivity index (χ3v) is 8.07. The average Bonchev–Trinajstić information content (AvgIpc) is 2.96. The third-order valence-electron chi connectivity index (χ3n) is 5.46. The Morgan fingerprint density at radius 3 is 2.23 bits per heavy atom. The average molecular weight is 433 g/mol. The maximum Gasteiger partial charge on any atom is 0.420 e. The van der Waals surface area contributed by atoms with Crippen LogP contribution in [0.4, 0.5) is 0 Å². The molecule has 162 valence electrons. The van der Waals surface area contributed by atoms with Gasteiger partial charge in [0, 0.05) is 30.3 Å². The molecule has 1 aliphatic rings. The molecule has 2 unspecified atom stereocenters. The quantitative estimate of drug-likeness (QED) is 0.544. The molecule has 1 aromatic carbocycles.